The van der Waals surface area contributed by atoms with Crippen molar-refractivity contribution >= 4 is 0 Å². The predicted molar refractivity (Wildman–Crippen MR) is 76.3 cm³/mol. The van der Waals surface area contributed by atoms with E-state index < -0.39 is 0 Å². The Morgan fingerprint density at radius 1 is 1.20 bits per heavy atom. The van der Waals surface area contributed by atoms with E-state index in [9.17, 15) is 5.26 Å². The molecule has 1 aliphatic rings. The molecule has 0 unspecified atom stereocenters. The Morgan fingerprint density at radius 3 is 2.45 bits per heavy atom. The van der Waals surface area contributed by atoms with Gasteiger partial charge in [0.1, 0.15) is 18.2 Å². The van der Waals surface area contributed by atoms with Crippen LogP contribution in [-0.4, -0.2) is 22.3 Å². The van der Waals surface area contributed by atoms with Crippen LogP contribution < -0.4 is 10.5 Å². The summed E-state index contributed by atoms with van der Waals surface area (Å²) in [6.45, 7) is 4.10. The molecule has 1 fully saturated rings. The van der Waals surface area contributed by atoms with E-state index in [1.165, 1.54) is 12.8 Å². The summed E-state index contributed by atoms with van der Waals surface area (Å²) in [6.07, 6.45) is 6.70. The summed E-state index contributed by atoms with van der Waals surface area (Å²) in [4.78, 5) is 0. The lowest BCUT2D eigenvalue weighted by Crippen LogP contribution is -2.45. The van der Waals surface area contributed by atoms with Crippen LogP contribution in [0.25, 0.3) is 0 Å². The molecule has 1 aliphatic carbocycles. The SMILES string of the molecule is Cc1nnc(OCC2(N)CCCCCC2)c(C#N)c1C. The first kappa shape index (κ1) is 14.7. The summed E-state index contributed by atoms with van der Waals surface area (Å²) < 4.78 is 5.74. The zero-order valence-corrected chi connectivity index (χ0v) is 12.3. The van der Waals surface area contributed by atoms with E-state index in [0.717, 1.165) is 36.9 Å². The summed E-state index contributed by atoms with van der Waals surface area (Å²) >= 11 is 0. The molecule has 0 aliphatic heterocycles. The Kier molecular flexibility index (Phi) is 4.56. The van der Waals surface area contributed by atoms with Crippen LogP contribution in [0.15, 0.2) is 0 Å². The van der Waals surface area contributed by atoms with Crippen LogP contribution in [0.5, 0.6) is 5.88 Å². The van der Waals surface area contributed by atoms with Gasteiger partial charge < -0.3 is 10.5 Å². The fraction of sp³-hybridized carbons (Fsp3) is 0.667. The Labute approximate surface area is 120 Å². The van der Waals surface area contributed by atoms with E-state index in [1.54, 1.807) is 0 Å². The summed E-state index contributed by atoms with van der Waals surface area (Å²) in [6, 6.07) is 2.15. The number of ether oxygens (including phenoxy) is 1. The third-order valence-electron chi connectivity index (χ3n) is 4.13. The Bertz CT molecular complexity index is 513. The molecule has 108 valence electrons. The molecule has 2 N–H and O–H groups in total. The van der Waals surface area contributed by atoms with Crippen molar-refractivity contribution in [2.75, 3.05) is 6.61 Å². The van der Waals surface area contributed by atoms with Crippen LogP contribution in [0.2, 0.25) is 0 Å². The Morgan fingerprint density at radius 2 is 1.85 bits per heavy atom. The van der Waals surface area contributed by atoms with Crippen LogP contribution >= 0.6 is 0 Å². The van der Waals surface area contributed by atoms with Crippen LogP contribution in [0, 0.1) is 25.2 Å². The largest absolute Gasteiger partial charge is 0.474 e. The average molecular weight is 274 g/mol. The highest BCUT2D eigenvalue weighted by Gasteiger charge is 2.28. The molecule has 0 bridgehead atoms. The first-order chi connectivity index (χ1) is 9.56. The minimum absolute atomic E-state index is 0.302. The molecule has 0 spiro atoms. The van der Waals surface area contributed by atoms with Crippen LogP contribution in [0.1, 0.15) is 55.3 Å². The molecular weight excluding hydrogens is 252 g/mol. The number of nitrogens with zero attached hydrogens (tertiary/aromatic N) is 3. The molecule has 1 aromatic rings. The van der Waals surface area contributed by atoms with Gasteiger partial charge in [0.05, 0.1) is 11.2 Å². The van der Waals surface area contributed by atoms with Gasteiger partial charge in [0, 0.05) is 0 Å². The zero-order valence-electron chi connectivity index (χ0n) is 12.3. The second kappa shape index (κ2) is 6.19. The second-order valence-electron chi connectivity index (χ2n) is 5.77. The van der Waals surface area contributed by atoms with Crippen LogP contribution in [0.4, 0.5) is 0 Å². The molecule has 1 saturated carbocycles. The molecule has 2 rings (SSSR count). The molecule has 1 aromatic heterocycles. The molecule has 20 heavy (non-hydrogen) atoms. The highest BCUT2D eigenvalue weighted by molar-refractivity contribution is 5.44. The topological polar surface area (TPSA) is 84.8 Å². The number of aromatic nitrogens is 2. The average Bonchev–Trinajstić information content (AvgIpc) is 2.65. The van der Waals surface area contributed by atoms with E-state index in [-0.39, 0.29) is 5.54 Å². The third-order valence-corrected chi connectivity index (χ3v) is 4.13. The van der Waals surface area contributed by atoms with Gasteiger partial charge in [-0.25, -0.2) is 0 Å². The lowest BCUT2D eigenvalue weighted by molar-refractivity contribution is 0.191. The quantitative estimate of drug-likeness (QED) is 0.855. The normalized spacial score (nSPS) is 18.1. The van der Waals surface area contributed by atoms with Crippen molar-refractivity contribution in [1.29, 1.82) is 5.26 Å². The van der Waals surface area contributed by atoms with Crippen molar-refractivity contribution in [3.8, 4) is 11.9 Å². The summed E-state index contributed by atoms with van der Waals surface area (Å²) in [5.41, 5.74) is 8.15. The molecule has 0 aromatic carbocycles. The predicted octanol–water partition coefficient (Wildman–Crippen LogP) is 2.40. The van der Waals surface area contributed by atoms with Crippen LogP contribution in [-0.2, 0) is 0 Å². The molecule has 5 nitrogen and oxygen atoms in total. The van der Waals surface area contributed by atoms with Gasteiger partial charge in [-0.1, -0.05) is 25.7 Å². The minimum Gasteiger partial charge on any atom is -0.474 e. The molecule has 0 amide bonds. The van der Waals surface area contributed by atoms with Gasteiger partial charge in [0.2, 0.25) is 0 Å². The van der Waals surface area contributed by atoms with Crippen LogP contribution in [0.3, 0.4) is 0 Å². The maximum absolute atomic E-state index is 9.24. The van der Waals surface area contributed by atoms with Gasteiger partial charge >= 0.3 is 0 Å². The first-order valence-corrected chi connectivity index (χ1v) is 7.21. The van der Waals surface area contributed by atoms with E-state index in [0.29, 0.717) is 18.1 Å². The van der Waals surface area contributed by atoms with Crippen molar-refractivity contribution < 1.29 is 4.74 Å². The molecule has 0 atom stereocenters. The number of aryl methyl sites for hydroxylation is 1. The number of rotatable bonds is 3. The highest BCUT2D eigenvalue weighted by Crippen LogP contribution is 2.27. The number of hydrogen-bond acceptors (Lipinski definition) is 5. The molecular formula is C15H22N4O. The minimum atomic E-state index is -0.302. The number of nitriles is 1. The monoisotopic (exact) mass is 274 g/mol. The van der Waals surface area contributed by atoms with E-state index >= 15 is 0 Å². The van der Waals surface area contributed by atoms with E-state index in [2.05, 4.69) is 16.3 Å². The van der Waals surface area contributed by atoms with Crippen molar-refractivity contribution in [2.45, 2.75) is 57.9 Å². The molecule has 5 heteroatoms. The Balaban J connectivity index is 2.11. The maximum Gasteiger partial charge on any atom is 0.251 e. The zero-order chi connectivity index (χ0) is 14.6. The molecule has 0 saturated heterocycles. The lowest BCUT2D eigenvalue weighted by atomic mass is 9.92. The lowest BCUT2D eigenvalue weighted by Gasteiger charge is -2.27. The van der Waals surface area contributed by atoms with Crippen molar-refractivity contribution in [2.24, 2.45) is 5.73 Å². The van der Waals surface area contributed by atoms with Gasteiger partial charge in [-0.05, 0) is 32.3 Å². The first-order valence-electron chi connectivity index (χ1n) is 7.21. The van der Waals surface area contributed by atoms with Gasteiger partial charge in [-0.15, -0.1) is 5.10 Å². The van der Waals surface area contributed by atoms with Gasteiger partial charge in [-0.2, -0.15) is 10.4 Å². The maximum atomic E-state index is 9.24. The summed E-state index contributed by atoms with van der Waals surface area (Å²) in [5.74, 6) is 0.310. The Hall–Kier alpha value is -1.67. The highest BCUT2D eigenvalue weighted by atomic mass is 16.5. The fourth-order valence-electron chi connectivity index (χ4n) is 2.61. The second-order valence-corrected chi connectivity index (χ2v) is 5.77. The summed E-state index contributed by atoms with van der Waals surface area (Å²) in [7, 11) is 0. The molecule has 1 heterocycles. The van der Waals surface area contributed by atoms with Crippen molar-refractivity contribution in [1.82, 2.24) is 10.2 Å². The summed E-state index contributed by atoms with van der Waals surface area (Å²) in [5, 5.41) is 17.3. The van der Waals surface area contributed by atoms with Gasteiger partial charge in [0.25, 0.3) is 5.88 Å². The number of nitrogens with two attached hydrogens (primary N) is 1. The fourth-order valence-corrected chi connectivity index (χ4v) is 2.61. The smallest absolute Gasteiger partial charge is 0.251 e. The van der Waals surface area contributed by atoms with E-state index in [4.69, 9.17) is 10.5 Å². The third kappa shape index (κ3) is 3.26. The van der Waals surface area contributed by atoms with E-state index in [1.807, 2.05) is 13.8 Å². The number of hydrogen-bond donors (Lipinski definition) is 1. The van der Waals surface area contributed by atoms with Gasteiger partial charge in [0.15, 0.2) is 0 Å². The van der Waals surface area contributed by atoms with Crippen molar-refractivity contribution in [3.05, 3.63) is 16.8 Å². The molecule has 0 radical (unpaired) electrons. The van der Waals surface area contributed by atoms with Gasteiger partial charge in [-0.3, -0.25) is 0 Å². The van der Waals surface area contributed by atoms with Crippen molar-refractivity contribution in [3.63, 3.8) is 0 Å². The standard InChI is InChI=1S/C15H22N4O/c1-11-12(2)18-19-14(13(11)9-16)20-10-15(17)7-5-3-4-6-8-15/h3-8,10,17H2,1-2H3.